The summed E-state index contributed by atoms with van der Waals surface area (Å²) >= 11 is 2.78. The predicted molar refractivity (Wildman–Crippen MR) is 132 cm³/mol. The average Bonchev–Trinajstić information content (AvgIpc) is 3.44. The van der Waals surface area contributed by atoms with E-state index in [-0.39, 0.29) is 18.1 Å². The number of thiazole rings is 1. The van der Waals surface area contributed by atoms with Gasteiger partial charge in [-0.05, 0) is 55.3 Å². The van der Waals surface area contributed by atoms with Crippen molar-refractivity contribution in [1.82, 2.24) is 9.97 Å². The molecule has 0 atom stereocenters. The van der Waals surface area contributed by atoms with Crippen molar-refractivity contribution in [2.75, 3.05) is 4.90 Å². The van der Waals surface area contributed by atoms with Crippen molar-refractivity contribution in [3.63, 3.8) is 0 Å². The molecule has 0 saturated heterocycles. The van der Waals surface area contributed by atoms with Crippen LogP contribution in [0.25, 0.3) is 20.3 Å². The lowest BCUT2D eigenvalue weighted by molar-refractivity contribution is -0.384. The van der Waals surface area contributed by atoms with Gasteiger partial charge in [-0.15, -0.1) is 11.3 Å². The maximum Gasteiger partial charge on any atom is 0.270 e. The normalized spacial score (nSPS) is 11.2. The van der Waals surface area contributed by atoms with E-state index in [0.717, 1.165) is 31.7 Å². The third-order valence-electron chi connectivity index (χ3n) is 5.52. The van der Waals surface area contributed by atoms with E-state index in [2.05, 4.69) is 11.1 Å². The molecule has 0 N–H and O–H groups in total. The first-order chi connectivity index (χ1) is 15.9. The fraction of sp³-hybridized carbons (Fsp3) is 0.125. The molecule has 5 aromatic rings. The van der Waals surface area contributed by atoms with Gasteiger partial charge in [-0.1, -0.05) is 23.5 Å². The minimum absolute atomic E-state index is 0.00154. The van der Waals surface area contributed by atoms with Crippen molar-refractivity contribution >= 4 is 59.7 Å². The van der Waals surface area contributed by atoms with Crippen molar-refractivity contribution in [3.05, 3.63) is 92.6 Å². The first-order valence-electron chi connectivity index (χ1n) is 10.2. The molecule has 3 aromatic heterocycles. The molecule has 1 amide bonds. The number of rotatable bonds is 5. The standard InChI is InChI=1S/C24H18N4O3S2/c1-14-6-8-20-22(15(14)2)26-24(33-20)27(13-17-5-3-4-10-25-17)23(29)21-12-16-11-18(28(30)31)7-9-19(16)32-21/h3-12H,13H2,1-2H3. The fourth-order valence-corrected chi connectivity index (χ4v) is 5.61. The summed E-state index contributed by atoms with van der Waals surface area (Å²) in [6.07, 6.45) is 1.70. The van der Waals surface area contributed by atoms with E-state index in [9.17, 15) is 14.9 Å². The van der Waals surface area contributed by atoms with Crippen LogP contribution in [-0.4, -0.2) is 20.8 Å². The Kier molecular flexibility index (Phi) is 5.35. The fourth-order valence-electron chi connectivity index (χ4n) is 3.59. The molecule has 5 rings (SSSR count). The lowest BCUT2D eigenvalue weighted by Crippen LogP contribution is -2.30. The number of amides is 1. The van der Waals surface area contributed by atoms with Gasteiger partial charge in [-0.2, -0.15) is 0 Å². The van der Waals surface area contributed by atoms with Gasteiger partial charge >= 0.3 is 0 Å². The first-order valence-corrected chi connectivity index (χ1v) is 11.8. The van der Waals surface area contributed by atoms with Crippen LogP contribution in [0.3, 0.4) is 0 Å². The van der Waals surface area contributed by atoms with Gasteiger partial charge in [-0.25, -0.2) is 4.98 Å². The summed E-state index contributed by atoms with van der Waals surface area (Å²) in [6.45, 7) is 4.35. The number of carbonyl (C=O) groups excluding carboxylic acids is 1. The van der Waals surface area contributed by atoms with Crippen LogP contribution in [0, 0.1) is 24.0 Å². The minimum atomic E-state index is -0.433. The molecular formula is C24H18N4O3S2. The zero-order valence-corrected chi connectivity index (χ0v) is 19.4. The zero-order valence-electron chi connectivity index (χ0n) is 17.8. The molecule has 2 aromatic carbocycles. The van der Waals surface area contributed by atoms with Crippen molar-refractivity contribution in [3.8, 4) is 0 Å². The summed E-state index contributed by atoms with van der Waals surface area (Å²) in [5, 5.41) is 12.4. The lowest BCUT2D eigenvalue weighted by atomic mass is 10.1. The topological polar surface area (TPSA) is 89.2 Å². The number of hydrogen-bond donors (Lipinski definition) is 0. The Hall–Kier alpha value is -3.69. The number of nitrogens with zero attached hydrogens (tertiary/aromatic N) is 4. The molecule has 9 heteroatoms. The van der Waals surface area contributed by atoms with Crippen LogP contribution >= 0.6 is 22.7 Å². The Balaban J connectivity index is 1.60. The van der Waals surface area contributed by atoms with E-state index in [1.165, 1.54) is 34.8 Å². The molecule has 0 aliphatic rings. The molecule has 0 radical (unpaired) electrons. The number of thiophene rings is 1. The second-order valence-corrected chi connectivity index (χ2v) is 9.75. The summed E-state index contributed by atoms with van der Waals surface area (Å²) in [7, 11) is 0. The number of pyridine rings is 1. The monoisotopic (exact) mass is 474 g/mol. The number of aromatic nitrogens is 2. The summed E-state index contributed by atoms with van der Waals surface area (Å²) < 4.78 is 1.83. The quantitative estimate of drug-likeness (QED) is 0.221. The van der Waals surface area contributed by atoms with E-state index in [4.69, 9.17) is 4.98 Å². The van der Waals surface area contributed by atoms with Gasteiger partial charge in [0.2, 0.25) is 0 Å². The maximum absolute atomic E-state index is 13.7. The molecule has 0 unspecified atom stereocenters. The number of anilines is 1. The number of aryl methyl sites for hydroxylation is 2. The Bertz CT molecular complexity index is 1530. The van der Waals surface area contributed by atoms with Gasteiger partial charge < -0.3 is 0 Å². The summed E-state index contributed by atoms with van der Waals surface area (Å²) in [5.74, 6) is -0.210. The van der Waals surface area contributed by atoms with Crippen molar-refractivity contribution in [1.29, 1.82) is 0 Å². The lowest BCUT2D eigenvalue weighted by Gasteiger charge is -2.18. The third-order valence-corrected chi connectivity index (χ3v) is 7.66. The molecular weight excluding hydrogens is 456 g/mol. The molecule has 3 heterocycles. The smallest absolute Gasteiger partial charge is 0.270 e. The molecule has 0 aliphatic carbocycles. The van der Waals surface area contributed by atoms with Gasteiger partial charge in [0.1, 0.15) is 0 Å². The number of benzene rings is 2. The van der Waals surface area contributed by atoms with Crippen LogP contribution in [0.2, 0.25) is 0 Å². The number of nitro groups is 1. The molecule has 0 spiro atoms. The van der Waals surface area contributed by atoms with Gasteiger partial charge in [0.25, 0.3) is 11.6 Å². The SMILES string of the molecule is Cc1ccc2sc(N(Cc3ccccn3)C(=O)c3cc4cc([N+](=O)[O-])ccc4s3)nc2c1C. The summed E-state index contributed by atoms with van der Waals surface area (Å²) in [6, 6.07) is 16.0. The van der Waals surface area contributed by atoms with Crippen molar-refractivity contribution < 1.29 is 9.72 Å². The minimum Gasteiger partial charge on any atom is -0.277 e. The maximum atomic E-state index is 13.7. The van der Waals surface area contributed by atoms with Crippen LogP contribution in [-0.2, 0) is 6.54 Å². The Morgan fingerprint density at radius 3 is 2.64 bits per heavy atom. The number of carbonyl (C=O) groups is 1. The van der Waals surface area contributed by atoms with Gasteiger partial charge in [0, 0.05) is 28.4 Å². The van der Waals surface area contributed by atoms with Crippen LogP contribution in [0.1, 0.15) is 26.5 Å². The van der Waals surface area contributed by atoms with Crippen molar-refractivity contribution in [2.45, 2.75) is 20.4 Å². The zero-order chi connectivity index (χ0) is 23.1. The molecule has 0 fully saturated rings. The number of non-ortho nitro benzene ring substituents is 1. The summed E-state index contributed by atoms with van der Waals surface area (Å²) in [5.41, 5.74) is 3.87. The Morgan fingerprint density at radius 1 is 1.06 bits per heavy atom. The van der Waals surface area contributed by atoms with Crippen LogP contribution in [0.5, 0.6) is 0 Å². The summed E-state index contributed by atoms with van der Waals surface area (Å²) in [4.78, 5) is 35.8. The van der Waals surface area contributed by atoms with Crippen LogP contribution in [0.15, 0.2) is 60.8 Å². The van der Waals surface area contributed by atoms with Crippen LogP contribution in [0.4, 0.5) is 10.8 Å². The molecule has 7 nitrogen and oxygen atoms in total. The van der Waals surface area contributed by atoms with E-state index in [1.54, 1.807) is 23.2 Å². The van der Waals surface area contributed by atoms with Gasteiger partial charge in [0.05, 0.1) is 32.3 Å². The number of hydrogen-bond acceptors (Lipinski definition) is 7. The highest BCUT2D eigenvalue weighted by molar-refractivity contribution is 7.23. The highest BCUT2D eigenvalue weighted by atomic mass is 32.1. The largest absolute Gasteiger partial charge is 0.277 e. The van der Waals surface area contributed by atoms with Gasteiger partial charge in [0.15, 0.2) is 5.13 Å². The van der Waals surface area contributed by atoms with E-state index >= 15 is 0 Å². The van der Waals surface area contributed by atoms with E-state index in [0.29, 0.717) is 15.4 Å². The third kappa shape index (κ3) is 3.96. The highest BCUT2D eigenvalue weighted by Crippen LogP contribution is 2.35. The van der Waals surface area contributed by atoms with Crippen LogP contribution < -0.4 is 4.90 Å². The average molecular weight is 475 g/mol. The number of nitro benzene ring substituents is 1. The highest BCUT2D eigenvalue weighted by Gasteiger charge is 2.25. The van der Waals surface area contributed by atoms with Crippen molar-refractivity contribution in [2.24, 2.45) is 0 Å². The van der Waals surface area contributed by atoms with E-state index < -0.39 is 4.92 Å². The van der Waals surface area contributed by atoms with Gasteiger partial charge in [-0.3, -0.25) is 24.8 Å². The number of fused-ring (bicyclic) bond motifs is 2. The second-order valence-electron chi connectivity index (χ2n) is 7.65. The molecule has 0 bridgehead atoms. The first kappa shape index (κ1) is 21.2. The predicted octanol–water partition coefficient (Wildman–Crippen LogP) is 6.28. The molecule has 164 valence electrons. The molecule has 33 heavy (non-hydrogen) atoms. The molecule has 0 saturated carbocycles. The Labute approximate surface area is 197 Å². The van der Waals surface area contributed by atoms with E-state index in [1.807, 2.05) is 38.1 Å². The molecule has 0 aliphatic heterocycles. The second kappa shape index (κ2) is 8.34. The Morgan fingerprint density at radius 2 is 1.88 bits per heavy atom.